The van der Waals surface area contributed by atoms with Gasteiger partial charge in [0, 0.05) is 5.02 Å². The Balaban J connectivity index is 1.92. The monoisotopic (exact) mass is 319 g/mol. The summed E-state index contributed by atoms with van der Waals surface area (Å²) in [6.07, 6.45) is 1.33. The van der Waals surface area contributed by atoms with Gasteiger partial charge in [0.25, 0.3) is 0 Å². The van der Waals surface area contributed by atoms with Gasteiger partial charge in [-0.3, -0.25) is 9.59 Å². The molecule has 0 aromatic heterocycles. The van der Waals surface area contributed by atoms with Gasteiger partial charge in [-0.05, 0) is 29.8 Å². The zero-order valence-corrected chi connectivity index (χ0v) is 12.0. The van der Waals surface area contributed by atoms with Crippen molar-refractivity contribution in [2.45, 2.75) is 0 Å². The van der Waals surface area contributed by atoms with Crippen molar-refractivity contribution in [1.82, 2.24) is 5.43 Å². The van der Waals surface area contributed by atoms with Gasteiger partial charge in [-0.25, -0.2) is 9.82 Å². The fourth-order valence-electron chi connectivity index (χ4n) is 1.54. The van der Waals surface area contributed by atoms with Crippen molar-refractivity contribution in [2.75, 3.05) is 5.32 Å². The van der Waals surface area contributed by atoms with Crippen LogP contribution in [0.4, 0.5) is 10.1 Å². The normalized spacial score (nSPS) is 10.5. The minimum Gasteiger partial charge on any atom is -0.315 e. The van der Waals surface area contributed by atoms with E-state index in [1.807, 2.05) is 5.43 Å². The van der Waals surface area contributed by atoms with Crippen LogP contribution >= 0.6 is 11.6 Å². The summed E-state index contributed by atoms with van der Waals surface area (Å²) in [6, 6.07) is 12.3. The molecule has 0 radical (unpaired) electrons. The van der Waals surface area contributed by atoms with Gasteiger partial charge in [-0.15, -0.1) is 0 Å². The smallest absolute Gasteiger partial charge is 0.315 e. The van der Waals surface area contributed by atoms with E-state index in [0.717, 1.165) is 0 Å². The predicted octanol–water partition coefficient (Wildman–Crippen LogP) is 2.57. The van der Waals surface area contributed by atoms with Crippen LogP contribution in [0, 0.1) is 5.82 Å². The van der Waals surface area contributed by atoms with Gasteiger partial charge in [0.2, 0.25) is 0 Å². The highest BCUT2D eigenvalue weighted by Crippen LogP contribution is 2.12. The van der Waals surface area contributed by atoms with E-state index < -0.39 is 17.6 Å². The molecule has 22 heavy (non-hydrogen) atoms. The molecule has 0 aliphatic carbocycles. The van der Waals surface area contributed by atoms with Gasteiger partial charge >= 0.3 is 11.8 Å². The molecule has 0 aliphatic rings. The molecule has 0 atom stereocenters. The van der Waals surface area contributed by atoms with Crippen molar-refractivity contribution >= 4 is 35.3 Å². The van der Waals surface area contributed by atoms with E-state index in [1.165, 1.54) is 30.5 Å². The van der Waals surface area contributed by atoms with Gasteiger partial charge < -0.3 is 5.32 Å². The molecule has 2 aromatic carbocycles. The van der Waals surface area contributed by atoms with Crippen LogP contribution in [-0.2, 0) is 9.59 Å². The lowest BCUT2D eigenvalue weighted by Crippen LogP contribution is -2.32. The van der Waals surface area contributed by atoms with E-state index in [0.29, 0.717) is 10.6 Å². The molecule has 0 aliphatic heterocycles. The molecule has 2 aromatic rings. The number of nitrogens with zero attached hydrogens (tertiary/aromatic N) is 1. The Morgan fingerprint density at radius 3 is 2.59 bits per heavy atom. The molecule has 5 nitrogen and oxygen atoms in total. The van der Waals surface area contributed by atoms with Gasteiger partial charge in [0.05, 0.1) is 11.9 Å². The van der Waals surface area contributed by atoms with E-state index >= 15 is 0 Å². The van der Waals surface area contributed by atoms with Crippen LogP contribution in [0.5, 0.6) is 0 Å². The van der Waals surface area contributed by atoms with Crippen LogP contribution in [0.2, 0.25) is 5.02 Å². The zero-order chi connectivity index (χ0) is 15.9. The molecular formula is C15H11ClFN3O2. The summed E-state index contributed by atoms with van der Waals surface area (Å²) in [4.78, 5) is 23.1. The minimum absolute atomic E-state index is 0.0820. The average molecular weight is 320 g/mol. The number of carbonyl (C=O) groups is 2. The number of amides is 2. The molecule has 0 saturated heterocycles. The summed E-state index contributed by atoms with van der Waals surface area (Å²) in [5, 5.41) is 6.30. The average Bonchev–Trinajstić information content (AvgIpc) is 2.49. The molecule has 0 unspecified atom stereocenters. The molecule has 0 heterocycles. The molecular weight excluding hydrogens is 309 g/mol. The number of rotatable bonds is 3. The highest BCUT2D eigenvalue weighted by molar-refractivity contribution is 6.39. The lowest BCUT2D eigenvalue weighted by atomic mass is 10.2. The molecule has 2 rings (SSSR count). The van der Waals surface area contributed by atoms with Crippen molar-refractivity contribution in [2.24, 2.45) is 5.10 Å². The van der Waals surface area contributed by atoms with Crippen molar-refractivity contribution in [3.8, 4) is 0 Å². The van der Waals surface area contributed by atoms with Crippen LogP contribution < -0.4 is 10.7 Å². The van der Waals surface area contributed by atoms with Crippen molar-refractivity contribution < 1.29 is 14.0 Å². The van der Waals surface area contributed by atoms with Crippen LogP contribution in [0.15, 0.2) is 53.6 Å². The van der Waals surface area contributed by atoms with Gasteiger partial charge in [0.15, 0.2) is 0 Å². The fourth-order valence-corrected chi connectivity index (χ4v) is 1.74. The van der Waals surface area contributed by atoms with Gasteiger partial charge in [-0.1, -0.05) is 35.9 Å². The number of anilines is 1. The summed E-state index contributed by atoms with van der Waals surface area (Å²) in [5.74, 6) is -2.67. The summed E-state index contributed by atoms with van der Waals surface area (Å²) in [6.45, 7) is 0. The predicted molar refractivity (Wildman–Crippen MR) is 82.2 cm³/mol. The first kappa shape index (κ1) is 15.7. The Morgan fingerprint density at radius 1 is 1.09 bits per heavy atom. The van der Waals surface area contributed by atoms with Crippen molar-refractivity contribution in [1.29, 1.82) is 0 Å². The second-order valence-electron chi connectivity index (χ2n) is 4.19. The van der Waals surface area contributed by atoms with Gasteiger partial charge in [0.1, 0.15) is 5.82 Å². The topological polar surface area (TPSA) is 70.6 Å². The maximum absolute atomic E-state index is 13.3. The minimum atomic E-state index is -1.02. The largest absolute Gasteiger partial charge is 0.329 e. The SMILES string of the molecule is O=C(N/N=C\c1cccc(Cl)c1)C(=O)Nc1ccccc1F. The Bertz CT molecular complexity index is 734. The number of nitrogens with one attached hydrogen (secondary N) is 2. The molecule has 112 valence electrons. The van der Waals surface area contributed by atoms with Crippen LogP contribution in [0.3, 0.4) is 0 Å². The quantitative estimate of drug-likeness (QED) is 0.518. The van der Waals surface area contributed by atoms with E-state index in [-0.39, 0.29) is 5.69 Å². The first-order valence-electron chi connectivity index (χ1n) is 6.21. The third-order valence-corrected chi connectivity index (χ3v) is 2.79. The Hall–Kier alpha value is -2.73. The fraction of sp³-hybridized carbons (Fsp3) is 0. The second-order valence-corrected chi connectivity index (χ2v) is 4.62. The number of para-hydroxylation sites is 1. The van der Waals surface area contributed by atoms with E-state index in [2.05, 4.69) is 10.4 Å². The molecule has 0 bridgehead atoms. The number of halogens is 2. The highest BCUT2D eigenvalue weighted by Gasteiger charge is 2.14. The number of carbonyl (C=O) groups excluding carboxylic acids is 2. The summed E-state index contributed by atoms with van der Waals surface area (Å²) in [5.41, 5.74) is 2.62. The third-order valence-electron chi connectivity index (χ3n) is 2.56. The molecule has 0 spiro atoms. The Labute approximate surface area is 130 Å². The molecule has 2 N–H and O–H groups in total. The van der Waals surface area contributed by atoms with Crippen LogP contribution in [0.25, 0.3) is 0 Å². The maximum Gasteiger partial charge on any atom is 0.329 e. The highest BCUT2D eigenvalue weighted by atomic mass is 35.5. The van der Waals surface area contributed by atoms with Crippen LogP contribution in [-0.4, -0.2) is 18.0 Å². The van der Waals surface area contributed by atoms with Crippen molar-refractivity contribution in [3.05, 3.63) is 64.9 Å². The molecule has 0 saturated carbocycles. The first-order valence-corrected chi connectivity index (χ1v) is 6.58. The molecule has 0 fully saturated rings. The molecule has 2 amide bonds. The Morgan fingerprint density at radius 2 is 1.86 bits per heavy atom. The summed E-state index contributed by atoms with van der Waals surface area (Å²) < 4.78 is 13.3. The standard InChI is InChI=1S/C15H11ClFN3O2/c16-11-5-3-4-10(8-11)9-18-20-15(22)14(21)19-13-7-2-1-6-12(13)17/h1-9H,(H,19,21)(H,20,22)/b18-9-. The number of hydrogen-bond donors (Lipinski definition) is 2. The Kier molecular flexibility index (Phi) is 5.21. The van der Waals surface area contributed by atoms with Crippen LogP contribution in [0.1, 0.15) is 5.56 Å². The third kappa shape index (κ3) is 4.39. The van der Waals surface area contributed by atoms with E-state index in [4.69, 9.17) is 11.6 Å². The van der Waals surface area contributed by atoms with E-state index in [9.17, 15) is 14.0 Å². The number of hydrogen-bond acceptors (Lipinski definition) is 3. The second kappa shape index (κ2) is 7.33. The lowest BCUT2D eigenvalue weighted by Gasteiger charge is -2.04. The molecule has 7 heteroatoms. The maximum atomic E-state index is 13.3. The number of hydrazone groups is 1. The van der Waals surface area contributed by atoms with Crippen molar-refractivity contribution in [3.63, 3.8) is 0 Å². The zero-order valence-electron chi connectivity index (χ0n) is 11.2. The van der Waals surface area contributed by atoms with Gasteiger partial charge in [-0.2, -0.15) is 5.10 Å². The summed E-state index contributed by atoms with van der Waals surface area (Å²) >= 11 is 5.79. The summed E-state index contributed by atoms with van der Waals surface area (Å²) in [7, 11) is 0. The first-order chi connectivity index (χ1) is 10.6. The lowest BCUT2D eigenvalue weighted by molar-refractivity contribution is -0.136. The van der Waals surface area contributed by atoms with E-state index in [1.54, 1.807) is 24.3 Å². The number of benzene rings is 2.